The van der Waals surface area contributed by atoms with E-state index in [-0.39, 0.29) is 5.56 Å². The lowest BCUT2D eigenvalue weighted by molar-refractivity contribution is 0.216. The highest BCUT2D eigenvalue weighted by Crippen LogP contribution is 2.30. The lowest BCUT2D eigenvalue weighted by Crippen LogP contribution is -2.04. The molecule has 3 heteroatoms. The molecule has 0 bridgehead atoms. The van der Waals surface area contributed by atoms with Gasteiger partial charge in [0, 0.05) is 5.56 Å². The molecule has 1 N–H and O–H groups in total. The van der Waals surface area contributed by atoms with Crippen molar-refractivity contribution >= 4 is 10.8 Å². The normalized spacial score (nSPS) is 12.6. The van der Waals surface area contributed by atoms with Crippen LogP contribution in [0.4, 0.5) is 8.78 Å². The molecule has 0 aliphatic carbocycles. The van der Waals surface area contributed by atoms with Crippen molar-refractivity contribution < 1.29 is 13.9 Å². The van der Waals surface area contributed by atoms with E-state index in [1.54, 1.807) is 12.1 Å². The van der Waals surface area contributed by atoms with E-state index in [2.05, 4.69) is 0 Å². The smallest absolute Gasteiger partial charge is 0.129 e. The third kappa shape index (κ3) is 2.17. The first kappa shape index (κ1) is 12.8. The van der Waals surface area contributed by atoms with Gasteiger partial charge in [-0.05, 0) is 34.5 Å². The highest BCUT2D eigenvalue weighted by molar-refractivity contribution is 5.86. The van der Waals surface area contributed by atoms with E-state index < -0.39 is 17.7 Å². The van der Waals surface area contributed by atoms with E-state index in [4.69, 9.17) is 0 Å². The van der Waals surface area contributed by atoms with Crippen LogP contribution in [0.1, 0.15) is 17.2 Å². The lowest BCUT2D eigenvalue weighted by Gasteiger charge is -2.15. The standard InChI is InChI=1S/C17H12F2O/c18-12-8-9-16(19)15(10-12)17(20)14-7-3-5-11-4-1-2-6-13(11)14/h1-10,17,20H. The summed E-state index contributed by atoms with van der Waals surface area (Å²) in [6, 6.07) is 16.0. The lowest BCUT2D eigenvalue weighted by atomic mass is 9.95. The topological polar surface area (TPSA) is 20.2 Å². The second kappa shape index (κ2) is 5.02. The Balaban J connectivity index is 2.17. The van der Waals surface area contributed by atoms with Gasteiger partial charge >= 0.3 is 0 Å². The molecule has 0 spiro atoms. The molecule has 0 saturated carbocycles. The third-order valence-corrected chi connectivity index (χ3v) is 3.37. The van der Waals surface area contributed by atoms with E-state index in [1.165, 1.54) is 0 Å². The second-order valence-electron chi connectivity index (χ2n) is 4.64. The highest BCUT2D eigenvalue weighted by Gasteiger charge is 2.17. The average Bonchev–Trinajstić information content (AvgIpc) is 2.48. The van der Waals surface area contributed by atoms with Crippen LogP contribution in [-0.2, 0) is 0 Å². The number of aliphatic hydroxyl groups excluding tert-OH is 1. The summed E-state index contributed by atoms with van der Waals surface area (Å²) >= 11 is 0. The van der Waals surface area contributed by atoms with Crippen LogP contribution in [0.25, 0.3) is 10.8 Å². The van der Waals surface area contributed by atoms with Crippen molar-refractivity contribution in [2.45, 2.75) is 6.10 Å². The summed E-state index contributed by atoms with van der Waals surface area (Å²) in [5.74, 6) is -1.19. The van der Waals surface area contributed by atoms with Gasteiger partial charge in [0.2, 0.25) is 0 Å². The van der Waals surface area contributed by atoms with Crippen LogP contribution in [0.2, 0.25) is 0 Å². The van der Waals surface area contributed by atoms with E-state index in [9.17, 15) is 13.9 Å². The minimum atomic E-state index is -1.20. The number of hydrogen-bond acceptors (Lipinski definition) is 1. The molecular formula is C17H12F2O. The number of fused-ring (bicyclic) bond motifs is 1. The van der Waals surface area contributed by atoms with Gasteiger partial charge in [-0.25, -0.2) is 8.78 Å². The Labute approximate surface area is 115 Å². The van der Waals surface area contributed by atoms with Crippen molar-refractivity contribution in [1.29, 1.82) is 0 Å². The van der Waals surface area contributed by atoms with E-state index in [0.717, 1.165) is 29.0 Å². The van der Waals surface area contributed by atoms with Crippen molar-refractivity contribution in [2.24, 2.45) is 0 Å². The number of halogens is 2. The predicted octanol–water partition coefficient (Wildman–Crippen LogP) is 4.20. The molecule has 0 fully saturated rings. The Kier molecular flexibility index (Phi) is 3.20. The van der Waals surface area contributed by atoms with Crippen LogP contribution in [0, 0.1) is 11.6 Å². The maximum atomic E-state index is 13.8. The molecule has 1 unspecified atom stereocenters. The molecule has 1 nitrogen and oxygen atoms in total. The quantitative estimate of drug-likeness (QED) is 0.740. The molecule has 100 valence electrons. The van der Waals surface area contributed by atoms with Crippen molar-refractivity contribution in [3.8, 4) is 0 Å². The summed E-state index contributed by atoms with van der Waals surface area (Å²) in [5.41, 5.74) is 0.508. The molecule has 0 aromatic heterocycles. The Morgan fingerprint density at radius 2 is 1.55 bits per heavy atom. The van der Waals surface area contributed by atoms with Gasteiger partial charge in [-0.1, -0.05) is 42.5 Å². The fourth-order valence-corrected chi connectivity index (χ4v) is 2.38. The molecule has 1 atom stereocenters. The van der Waals surface area contributed by atoms with Crippen LogP contribution in [0.5, 0.6) is 0 Å². The minimum absolute atomic E-state index is 0.0543. The maximum Gasteiger partial charge on any atom is 0.129 e. The maximum absolute atomic E-state index is 13.8. The van der Waals surface area contributed by atoms with Crippen LogP contribution >= 0.6 is 0 Å². The Bertz CT molecular complexity index is 763. The van der Waals surface area contributed by atoms with Gasteiger partial charge in [0.1, 0.15) is 17.7 Å². The van der Waals surface area contributed by atoms with Crippen LogP contribution in [-0.4, -0.2) is 5.11 Å². The van der Waals surface area contributed by atoms with Crippen LogP contribution < -0.4 is 0 Å². The first-order chi connectivity index (χ1) is 9.66. The van der Waals surface area contributed by atoms with Gasteiger partial charge in [0.05, 0.1) is 0 Å². The number of aliphatic hydroxyl groups is 1. The zero-order valence-electron chi connectivity index (χ0n) is 10.6. The summed E-state index contributed by atoms with van der Waals surface area (Å²) in [6.45, 7) is 0. The summed E-state index contributed by atoms with van der Waals surface area (Å²) in [4.78, 5) is 0. The summed E-state index contributed by atoms with van der Waals surface area (Å²) in [5, 5.41) is 12.2. The number of rotatable bonds is 2. The molecular weight excluding hydrogens is 258 g/mol. The van der Waals surface area contributed by atoms with Crippen LogP contribution in [0.15, 0.2) is 60.7 Å². The Morgan fingerprint density at radius 1 is 0.800 bits per heavy atom. The minimum Gasteiger partial charge on any atom is -0.384 e. The summed E-state index contributed by atoms with van der Waals surface area (Å²) in [7, 11) is 0. The Morgan fingerprint density at radius 3 is 2.40 bits per heavy atom. The predicted molar refractivity (Wildman–Crippen MR) is 74.4 cm³/mol. The molecule has 3 rings (SSSR count). The molecule has 0 saturated heterocycles. The fourth-order valence-electron chi connectivity index (χ4n) is 2.38. The van der Waals surface area contributed by atoms with Gasteiger partial charge in [0.15, 0.2) is 0 Å². The van der Waals surface area contributed by atoms with Gasteiger partial charge in [-0.2, -0.15) is 0 Å². The zero-order valence-corrected chi connectivity index (χ0v) is 10.6. The summed E-state index contributed by atoms with van der Waals surface area (Å²) < 4.78 is 27.0. The SMILES string of the molecule is OC(c1cc(F)ccc1F)c1cccc2ccccc12. The number of hydrogen-bond donors (Lipinski definition) is 1. The second-order valence-corrected chi connectivity index (χ2v) is 4.64. The summed E-state index contributed by atoms with van der Waals surface area (Å²) in [6.07, 6.45) is -1.20. The van der Waals surface area contributed by atoms with E-state index in [1.807, 2.05) is 30.3 Å². The number of benzene rings is 3. The molecule has 3 aromatic carbocycles. The average molecular weight is 270 g/mol. The van der Waals surface area contributed by atoms with E-state index >= 15 is 0 Å². The molecule has 0 aliphatic heterocycles. The third-order valence-electron chi connectivity index (χ3n) is 3.37. The largest absolute Gasteiger partial charge is 0.384 e. The van der Waals surface area contributed by atoms with Crippen molar-refractivity contribution in [3.63, 3.8) is 0 Å². The molecule has 20 heavy (non-hydrogen) atoms. The van der Waals surface area contributed by atoms with Gasteiger partial charge < -0.3 is 5.11 Å². The van der Waals surface area contributed by atoms with Crippen molar-refractivity contribution in [3.05, 3.63) is 83.4 Å². The zero-order chi connectivity index (χ0) is 14.1. The molecule has 0 heterocycles. The monoisotopic (exact) mass is 270 g/mol. The van der Waals surface area contributed by atoms with Crippen molar-refractivity contribution in [1.82, 2.24) is 0 Å². The van der Waals surface area contributed by atoms with Crippen LogP contribution in [0.3, 0.4) is 0 Å². The molecule has 3 aromatic rings. The fraction of sp³-hybridized carbons (Fsp3) is 0.0588. The van der Waals surface area contributed by atoms with Crippen molar-refractivity contribution in [2.75, 3.05) is 0 Å². The van der Waals surface area contributed by atoms with Gasteiger partial charge in [-0.3, -0.25) is 0 Å². The highest BCUT2D eigenvalue weighted by atomic mass is 19.1. The van der Waals surface area contributed by atoms with E-state index in [0.29, 0.717) is 5.56 Å². The molecule has 0 amide bonds. The van der Waals surface area contributed by atoms with Gasteiger partial charge in [-0.15, -0.1) is 0 Å². The molecule has 0 aliphatic rings. The first-order valence-electron chi connectivity index (χ1n) is 6.27. The molecule has 0 radical (unpaired) electrons. The van der Waals surface area contributed by atoms with Gasteiger partial charge in [0.25, 0.3) is 0 Å². The Hall–Kier alpha value is -2.26. The first-order valence-corrected chi connectivity index (χ1v) is 6.27.